The summed E-state index contributed by atoms with van der Waals surface area (Å²) in [5, 5.41) is 2.94. The molecule has 2 saturated carbocycles. The van der Waals surface area contributed by atoms with Crippen molar-refractivity contribution in [3.63, 3.8) is 0 Å². The molecule has 0 unspecified atom stereocenters. The fraction of sp³-hybridized carbons (Fsp3) is 0.867. The molecular weight excluding hydrogens is 240 g/mol. The minimum Gasteiger partial charge on any atom is -0.368 e. The number of carbonyl (C=O) groups excluding carboxylic acids is 2. The van der Waals surface area contributed by atoms with Gasteiger partial charge in [0, 0.05) is 5.92 Å². The van der Waals surface area contributed by atoms with Gasteiger partial charge < -0.3 is 11.1 Å². The van der Waals surface area contributed by atoms with Gasteiger partial charge in [-0.2, -0.15) is 0 Å². The third-order valence-corrected chi connectivity index (χ3v) is 4.70. The van der Waals surface area contributed by atoms with Crippen LogP contribution in [0.15, 0.2) is 0 Å². The van der Waals surface area contributed by atoms with E-state index in [0.29, 0.717) is 0 Å². The lowest BCUT2D eigenvalue weighted by Crippen LogP contribution is -2.51. The molecule has 2 rings (SSSR count). The SMILES string of the molecule is NC(=O)[C@H](NC(=O)C1CCCCC1)C1CCCCC1. The Hall–Kier alpha value is -1.06. The Balaban J connectivity index is 1.91. The zero-order valence-electron chi connectivity index (χ0n) is 11.7. The zero-order chi connectivity index (χ0) is 13.7. The number of hydrogen-bond acceptors (Lipinski definition) is 2. The van der Waals surface area contributed by atoms with Gasteiger partial charge in [-0.3, -0.25) is 9.59 Å². The molecule has 0 bridgehead atoms. The Morgan fingerprint density at radius 1 is 0.895 bits per heavy atom. The molecule has 108 valence electrons. The van der Waals surface area contributed by atoms with Crippen molar-refractivity contribution in [2.24, 2.45) is 17.6 Å². The standard InChI is InChI=1S/C15H26N2O2/c16-14(18)13(11-7-3-1-4-8-11)17-15(19)12-9-5-2-6-10-12/h11-13H,1-10H2,(H2,16,18)(H,17,19)/t13-/m1/s1. The Kier molecular flexibility index (Phi) is 5.23. The molecule has 0 aliphatic heterocycles. The van der Waals surface area contributed by atoms with E-state index in [2.05, 4.69) is 5.32 Å². The third kappa shape index (κ3) is 3.95. The lowest BCUT2D eigenvalue weighted by atomic mass is 9.82. The van der Waals surface area contributed by atoms with Gasteiger partial charge in [0.15, 0.2) is 0 Å². The predicted molar refractivity (Wildman–Crippen MR) is 74.3 cm³/mol. The molecule has 4 heteroatoms. The molecule has 0 spiro atoms. The van der Waals surface area contributed by atoms with Gasteiger partial charge in [0.25, 0.3) is 0 Å². The summed E-state index contributed by atoms with van der Waals surface area (Å²) in [6.45, 7) is 0. The molecule has 3 N–H and O–H groups in total. The smallest absolute Gasteiger partial charge is 0.240 e. The molecular formula is C15H26N2O2. The summed E-state index contributed by atoms with van der Waals surface area (Å²) < 4.78 is 0. The first-order chi connectivity index (χ1) is 9.18. The number of hydrogen-bond donors (Lipinski definition) is 2. The molecule has 0 radical (unpaired) electrons. The van der Waals surface area contributed by atoms with Crippen molar-refractivity contribution in [3.8, 4) is 0 Å². The summed E-state index contributed by atoms with van der Waals surface area (Å²) in [4.78, 5) is 23.9. The molecule has 0 aromatic heterocycles. The lowest BCUT2D eigenvalue weighted by molar-refractivity contribution is -0.132. The molecule has 0 saturated heterocycles. The van der Waals surface area contributed by atoms with Gasteiger partial charge in [-0.1, -0.05) is 38.5 Å². The molecule has 4 nitrogen and oxygen atoms in total. The van der Waals surface area contributed by atoms with Crippen molar-refractivity contribution in [2.75, 3.05) is 0 Å². The molecule has 0 heterocycles. The van der Waals surface area contributed by atoms with Gasteiger partial charge >= 0.3 is 0 Å². The maximum Gasteiger partial charge on any atom is 0.240 e. The second kappa shape index (κ2) is 6.92. The summed E-state index contributed by atoms with van der Waals surface area (Å²) in [7, 11) is 0. The highest BCUT2D eigenvalue weighted by Crippen LogP contribution is 2.28. The van der Waals surface area contributed by atoms with Crippen LogP contribution in [0.2, 0.25) is 0 Å². The van der Waals surface area contributed by atoms with E-state index in [0.717, 1.165) is 51.4 Å². The van der Waals surface area contributed by atoms with Crippen molar-refractivity contribution in [1.29, 1.82) is 0 Å². The van der Waals surface area contributed by atoms with Gasteiger partial charge in [0.05, 0.1) is 0 Å². The van der Waals surface area contributed by atoms with Gasteiger partial charge in [-0.05, 0) is 31.6 Å². The van der Waals surface area contributed by atoms with Crippen molar-refractivity contribution in [2.45, 2.75) is 70.3 Å². The molecule has 1 atom stereocenters. The average Bonchev–Trinajstić information content (AvgIpc) is 2.46. The number of nitrogens with one attached hydrogen (secondary N) is 1. The Morgan fingerprint density at radius 2 is 1.42 bits per heavy atom. The van der Waals surface area contributed by atoms with Crippen LogP contribution in [0.1, 0.15) is 64.2 Å². The van der Waals surface area contributed by atoms with Crippen LogP contribution in [0.25, 0.3) is 0 Å². The van der Waals surface area contributed by atoms with E-state index in [4.69, 9.17) is 5.73 Å². The van der Waals surface area contributed by atoms with Crippen molar-refractivity contribution in [3.05, 3.63) is 0 Å². The average molecular weight is 266 g/mol. The van der Waals surface area contributed by atoms with E-state index < -0.39 is 6.04 Å². The highest BCUT2D eigenvalue weighted by Gasteiger charge is 2.31. The fourth-order valence-corrected chi connectivity index (χ4v) is 3.52. The van der Waals surface area contributed by atoms with Crippen molar-refractivity contribution < 1.29 is 9.59 Å². The van der Waals surface area contributed by atoms with Gasteiger partial charge in [-0.15, -0.1) is 0 Å². The number of amides is 2. The second-order valence-electron chi connectivity index (χ2n) is 6.12. The first-order valence-electron chi connectivity index (χ1n) is 7.78. The van der Waals surface area contributed by atoms with E-state index in [-0.39, 0.29) is 23.7 Å². The van der Waals surface area contributed by atoms with E-state index in [1.807, 2.05) is 0 Å². The topological polar surface area (TPSA) is 72.2 Å². The summed E-state index contributed by atoms with van der Waals surface area (Å²) in [6, 6.07) is -0.449. The van der Waals surface area contributed by atoms with Crippen molar-refractivity contribution in [1.82, 2.24) is 5.32 Å². The van der Waals surface area contributed by atoms with E-state index in [1.165, 1.54) is 12.8 Å². The molecule has 2 aliphatic carbocycles. The highest BCUT2D eigenvalue weighted by molar-refractivity contribution is 5.87. The summed E-state index contributed by atoms with van der Waals surface area (Å²) in [5.41, 5.74) is 5.49. The zero-order valence-corrected chi connectivity index (χ0v) is 11.7. The normalized spacial score (nSPS) is 23.8. The molecule has 0 aromatic rings. The summed E-state index contributed by atoms with van der Waals surface area (Å²) in [6.07, 6.45) is 11.0. The van der Waals surface area contributed by atoms with Crippen LogP contribution in [-0.4, -0.2) is 17.9 Å². The Bertz CT molecular complexity index is 318. The Labute approximate surface area is 115 Å². The third-order valence-electron chi connectivity index (χ3n) is 4.70. The molecule has 19 heavy (non-hydrogen) atoms. The van der Waals surface area contributed by atoms with Gasteiger partial charge in [0.1, 0.15) is 6.04 Å². The van der Waals surface area contributed by atoms with Crippen LogP contribution in [0.3, 0.4) is 0 Å². The maximum atomic E-state index is 12.2. The molecule has 2 amide bonds. The van der Waals surface area contributed by atoms with Gasteiger partial charge in [0.2, 0.25) is 11.8 Å². The van der Waals surface area contributed by atoms with Crippen LogP contribution in [0, 0.1) is 11.8 Å². The number of carbonyl (C=O) groups is 2. The quantitative estimate of drug-likeness (QED) is 0.818. The molecule has 0 aromatic carbocycles. The first kappa shape index (κ1) is 14.4. The summed E-state index contributed by atoms with van der Waals surface area (Å²) in [5.74, 6) is 0.0307. The lowest BCUT2D eigenvalue weighted by Gasteiger charge is -2.30. The van der Waals surface area contributed by atoms with Crippen LogP contribution in [0.5, 0.6) is 0 Å². The fourth-order valence-electron chi connectivity index (χ4n) is 3.52. The number of primary amides is 1. The van der Waals surface area contributed by atoms with Gasteiger partial charge in [-0.25, -0.2) is 0 Å². The minimum absolute atomic E-state index is 0.0501. The van der Waals surface area contributed by atoms with Crippen LogP contribution in [0.4, 0.5) is 0 Å². The van der Waals surface area contributed by atoms with E-state index >= 15 is 0 Å². The van der Waals surface area contributed by atoms with Crippen LogP contribution >= 0.6 is 0 Å². The Morgan fingerprint density at radius 3 is 1.95 bits per heavy atom. The van der Waals surface area contributed by atoms with Crippen molar-refractivity contribution >= 4 is 11.8 Å². The number of rotatable bonds is 4. The second-order valence-corrected chi connectivity index (χ2v) is 6.12. The first-order valence-corrected chi connectivity index (χ1v) is 7.78. The minimum atomic E-state index is -0.449. The largest absolute Gasteiger partial charge is 0.368 e. The molecule has 2 fully saturated rings. The van der Waals surface area contributed by atoms with E-state index in [9.17, 15) is 9.59 Å². The van der Waals surface area contributed by atoms with Crippen LogP contribution in [-0.2, 0) is 9.59 Å². The van der Waals surface area contributed by atoms with E-state index in [1.54, 1.807) is 0 Å². The predicted octanol–water partition coefficient (Wildman–Crippen LogP) is 2.12. The molecule has 2 aliphatic rings. The number of nitrogens with two attached hydrogens (primary N) is 1. The summed E-state index contributed by atoms with van der Waals surface area (Å²) >= 11 is 0. The highest BCUT2D eigenvalue weighted by atomic mass is 16.2. The van der Waals surface area contributed by atoms with Crippen LogP contribution < -0.4 is 11.1 Å². The monoisotopic (exact) mass is 266 g/mol. The maximum absolute atomic E-state index is 12.2.